The number of hydrogen-bond donors (Lipinski definition) is 0. The Balaban J connectivity index is 2.70. The molecule has 0 aromatic carbocycles. The zero-order valence-electron chi connectivity index (χ0n) is 11.9. The zero-order chi connectivity index (χ0) is 16.4. The lowest BCUT2D eigenvalue weighted by molar-refractivity contribution is -0.135. The lowest BCUT2D eigenvalue weighted by Gasteiger charge is -2.29. The second-order valence-electron chi connectivity index (χ2n) is 5.35. The maximum absolute atomic E-state index is 11.8. The van der Waals surface area contributed by atoms with Crippen molar-refractivity contribution in [3.63, 3.8) is 0 Å². The molecule has 2 bridgehead atoms. The molecule has 0 saturated heterocycles. The third kappa shape index (κ3) is 1.72. The topological polar surface area (TPSA) is 121 Å². The molecular formula is C16H12N4O2. The summed E-state index contributed by atoms with van der Waals surface area (Å²) < 4.78 is 4.68. The second-order valence-corrected chi connectivity index (χ2v) is 5.35. The summed E-state index contributed by atoms with van der Waals surface area (Å²) in [7, 11) is 1.24. The average molecular weight is 292 g/mol. The van der Waals surface area contributed by atoms with Gasteiger partial charge in [0, 0.05) is 5.92 Å². The molecule has 6 heteroatoms. The lowest BCUT2D eigenvalue weighted by atomic mass is 9.62. The van der Waals surface area contributed by atoms with E-state index in [1.54, 1.807) is 12.2 Å². The van der Waals surface area contributed by atoms with E-state index in [0.717, 1.165) is 0 Å². The highest BCUT2D eigenvalue weighted by Crippen LogP contribution is 2.60. The molecule has 2 rings (SSSR count). The molecule has 108 valence electrons. The van der Waals surface area contributed by atoms with Crippen molar-refractivity contribution >= 4 is 5.97 Å². The van der Waals surface area contributed by atoms with Gasteiger partial charge in [-0.05, 0) is 18.8 Å². The van der Waals surface area contributed by atoms with E-state index in [2.05, 4.69) is 4.74 Å². The molecule has 0 amide bonds. The van der Waals surface area contributed by atoms with Gasteiger partial charge < -0.3 is 4.74 Å². The first-order chi connectivity index (χ1) is 10.5. The van der Waals surface area contributed by atoms with Crippen LogP contribution in [0.4, 0.5) is 0 Å². The molecule has 0 spiro atoms. The van der Waals surface area contributed by atoms with Crippen LogP contribution in [0.1, 0.15) is 12.8 Å². The van der Waals surface area contributed by atoms with Crippen molar-refractivity contribution < 1.29 is 9.53 Å². The van der Waals surface area contributed by atoms with E-state index < -0.39 is 28.6 Å². The Labute approximate surface area is 128 Å². The van der Waals surface area contributed by atoms with Crippen LogP contribution in [0.5, 0.6) is 0 Å². The first-order valence-corrected chi connectivity index (χ1v) is 6.67. The predicted molar refractivity (Wildman–Crippen MR) is 72.8 cm³/mol. The smallest absolute Gasteiger partial charge is 0.337 e. The maximum Gasteiger partial charge on any atom is 0.337 e. The van der Waals surface area contributed by atoms with Crippen molar-refractivity contribution in [2.45, 2.75) is 12.8 Å². The molecule has 1 saturated carbocycles. The molecule has 2 unspecified atom stereocenters. The van der Waals surface area contributed by atoms with Gasteiger partial charge in [0.25, 0.3) is 0 Å². The fourth-order valence-electron chi connectivity index (χ4n) is 3.38. The molecule has 0 radical (unpaired) electrons. The molecule has 0 aromatic rings. The van der Waals surface area contributed by atoms with Crippen LogP contribution in [0.2, 0.25) is 0 Å². The van der Waals surface area contributed by atoms with Gasteiger partial charge in [-0.15, -0.1) is 0 Å². The number of nitrogens with zero attached hydrogens (tertiary/aromatic N) is 4. The average Bonchev–Trinajstić information content (AvgIpc) is 2.82. The van der Waals surface area contributed by atoms with Crippen LogP contribution in [0.3, 0.4) is 0 Å². The standard InChI is InChI=1S/C16H12N4O2/c1-22-14(21)11-3-2-4-12-6-13(5-11)16(9-19,10-20)15(12,7-17)8-18/h2-3,5,12-13H,4,6H2,1H3/b3-2-,11-5+. The minimum Gasteiger partial charge on any atom is -0.465 e. The highest BCUT2D eigenvalue weighted by molar-refractivity contribution is 5.91. The van der Waals surface area contributed by atoms with Crippen LogP contribution in [-0.4, -0.2) is 13.1 Å². The number of carbonyl (C=O) groups excluding carboxylic acids is 1. The van der Waals surface area contributed by atoms with Gasteiger partial charge >= 0.3 is 5.97 Å². The molecule has 2 aliphatic carbocycles. The normalized spacial score (nSPS) is 30.7. The van der Waals surface area contributed by atoms with E-state index in [1.807, 2.05) is 24.3 Å². The van der Waals surface area contributed by atoms with Crippen LogP contribution in [-0.2, 0) is 9.53 Å². The molecule has 0 heterocycles. The minimum absolute atomic E-state index is 0.229. The summed E-state index contributed by atoms with van der Waals surface area (Å²) in [6.07, 6.45) is 5.38. The summed E-state index contributed by atoms with van der Waals surface area (Å²) in [6, 6.07) is 7.63. The summed E-state index contributed by atoms with van der Waals surface area (Å²) in [5, 5.41) is 38.3. The predicted octanol–water partition coefficient (Wildman–Crippen LogP) is 1.75. The fourth-order valence-corrected chi connectivity index (χ4v) is 3.38. The van der Waals surface area contributed by atoms with Crippen molar-refractivity contribution in [3.8, 4) is 24.3 Å². The van der Waals surface area contributed by atoms with Gasteiger partial charge in [0.15, 0.2) is 10.8 Å². The highest BCUT2D eigenvalue weighted by Gasteiger charge is 2.67. The van der Waals surface area contributed by atoms with Crippen LogP contribution in [0.15, 0.2) is 23.8 Å². The van der Waals surface area contributed by atoms with E-state index in [9.17, 15) is 25.8 Å². The van der Waals surface area contributed by atoms with Crippen LogP contribution < -0.4 is 0 Å². The summed E-state index contributed by atoms with van der Waals surface area (Å²) in [5.74, 6) is -1.68. The van der Waals surface area contributed by atoms with E-state index in [4.69, 9.17) is 0 Å². The number of carbonyl (C=O) groups is 1. The molecular weight excluding hydrogens is 280 g/mol. The van der Waals surface area contributed by atoms with E-state index in [-0.39, 0.29) is 5.57 Å². The van der Waals surface area contributed by atoms with Gasteiger partial charge in [0.05, 0.1) is 37.0 Å². The number of fused-ring (bicyclic) bond motifs is 2. The Morgan fingerprint density at radius 1 is 1.18 bits per heavy atom. The van der Waals surface area contributed by atoms with Gasteiger partial charge in [-0.3, -0.25) is 0 Å². The maximum atomic E-state index is 11.8. The van der Waals surface area contributed by atoms with E-state index in [1.165, 1.54) is 13.2 Å². The van der Waals surface area contributed by atoms with Gasteiger partial charge in [-0.2, -0.15) is 21.0 Å². The Kier molecular flexibility index (Phi) is 3.73. The summed E-state index contributed by atoms with van der Waals surface area (Å²) in [5.41, 5.74) is -3.28. The van der Waals surface area contributed by atoms with Gasteiger partial charge in [-0.25, -0.2) is 4.79 Å². The van der Waals surface area contributed by atoms with Gasteiger partial charge in [-0.1, -0.05) is 18.2 Å². The van der Waals surface area contributed by atoms with Crippen molar-refractivity contribution in [1.29, 1.82) is 21.0 Å². The number of allylic oxidation sites excluding steroid dienone is 2. The number of esters is 1. The Hall–Kier alpha value is -3.09. The van der Waals surface area contributed by atoms with Gasteiger partial charge in [0.1, 0.15) is 0 Å². The third-order valence-electron chi connectivity index (χ3n) is 4.55. The lowest BCUT2D eigenvalue weighted by Crippen LogP contribution is -2.40. The summed E-state index contributed by atoms with van der Waals surface area (Å²) >= 11 is 0. The number of methoxy groups -OCH3 is 1. The Bertz CT molecular complexity index is 708. The Morgan fingerprint density at radius 3 is 2.27 bits per heavy atom. The van der Waals surface area contributed by atoms with Crippen molar-refractivity contribution in [1.82, 2.24) is 0 Å². The highest BCUT2D eigenvalue weighted by atomic mass is 16.5. The van der Waals surface area contributed by atoms with E-state index in [0.29, 0.717) is 12.8 Å². The van der Waals surface area contributed by atoms with Crippen LogP contribution >= 0.6 is 0 Å². The number of rotatable bonds is 1. The summed E-state index contributed by atoms with van der Waals surface area (Å²) in [4.78, 5) is 11.8. The molecule has 1 fully saturated rings. The SMILES string of the molecule is COC(=O)C1=C/C2CC(C/C=C\1)C(C#N)(C#N)C2(C#N)C#N. The third-order valence-corrected chi connectivity index (χ3v) is 4.55. The van der Waals surface area contributed by atoms with Crippen molar-refractivity contribution in [2.75, 3.05) is 7.11 Å². The summed E-state index contributed by atoms with van der Waals surface area (Å²) in [6.45, 7) is 0. The quantitative estimate of drug-likeness (QED) is 0.678. The first-order valence-electron chi connectivity index (χ1n) is 6.67. The number of nitriles is 4. The van der Waals surface area contributed by atoms with Crippen molar-refractivity contribution in [2.24, 2.45) is 22.7 Å². The van der Waals surface area contributed by atoms with Crippen molar-refractivity contribution in [3.05, 3.63) is 23.8 Å². The zero-order valence-corrected chi connectivity index (χ0v) is 11.9. The van der Waals surface area contributed by atoms with Crippen LogP contribution in [0, 0.1) is 68.0 Å². The van der Waals surface area contributed by atoms with Gasteiger partial charge in [0.2, 0.25) is 0 Å². The molecule has 0 aromatic heterocycles. The molecule has 0 aliphatic heterocycles. The first kappa shape index (κ1) is 15.3. The molecule has 2 aliphatic rings. The minimum atomic E-state index is -1.80. The van der Waals surface area contributed by atoms with E-state index >= 15 is 0 Å². The number of hydrogen-bond acceptors (Lipinski definition) is 6. The number of ether oxygens (including phenoxy) is 1. The molecule has 22 heavy (non-hydrogen) atoms. The molecule has 6 nitrogen and oxygen atoms in total. The Morgan fingerprint density at radius 2 is 1.77 bits per heavy atom. The fraction of sp³-hybridized carbons (Fsp3) is 0.438. The monoisotopic (exact) mass is 292 g/mol. The molecule has 0 N–H and O–H groups in total. The molecule has 2 atom stereocenters. The second kappa shape index (κ2) is 5.36. The van der Waals surface area contributed by atoms with Crippen LogP contribution in [0.25, 0.3) is 0 Å². The largest absolute Gasteiger partial charge is 0.465 e.